The van der Waals surface area contributed by atoms with Gasteiger partial charge in [-0.3, -0.25) is 9.59 Å². The van der Waals surface area contributed by atoms with Crippen LogP contribution in [0.4, 0.5) is 0 Å². The lowest BCUT2D eigenvalue weighted by molar-refractivity contribution is -0.120. The van der Waals surface area contributed by atoms with Crippen LogP contribution < -0.4 is 16.4 Å². The van der Waals surface area contributed by atoms with E-state index in [4.69, 9.17) is 17.3 Å². The van der Waals surface area contributed by atoms with Gasteiger partial charge in [-0.15, -0.1) is 0 Å². The summed E-state index contributed by atoms with van der Waals surface area (Å²) in [6.45, 7) is 0.517. The highest BCUT2D eigenvalue weighted by atomic mass is 35.5. The van der Waals surface area contributed by atoms with E-state index < -0.39 is 0 Å². The molecule has 6 heteroatoms. The Bertz CT molecular complexity index is 561. The van der Waals surface area contributed by atoms with Crippen molar-refractivity contribution in [2.75, 3.05) is 20.1 Å². The summed E-state index contributed by atoms with van der Waals surface area (Å²) in [4.78, 5) is 22.9. The predicted octanol–water partition coefficient (Wildman–Crippen LogP) is 0.516. The average Bonchev–Trinajstić information content (AvgIpc) is 2.45. The zero-order chi connectivity index (χ0) is 15.0. The fraction of sp³-hybridized carbons (Fsp3) is 0.286. The van der Waals surface area contributed by atoms with E-state index in [1.807, 2.05) is 0 Å². The van der Waals surface area contributed by atoms with E-state index in [9.17, 15) is 9.59 Å². The SMILES string of the molecule is CNC(=O)CCNC(=O)c1ccc(C#CCN)c(Cl)c1. The highest BCUT2D eigenvalue weighted by molar-refractivity contribution is 6.32. The fourth-order valence-corrected chi connectivity index (χ4v) is 1.65. The lowest BCUT2D eigenvalue weighted by atomic mass is 10.1. The Balaban J connectivity index is 2.65. The Morgan fingerprint density at radius 3 is 2.75 bits per heavy atom. The number of nitrogens with two attached hydrogens (primary N) is 1. The van der Waals surface area contributed by atoms with Crippen molar-refractivity contribution in [3.8, 4) is 11.8 Å². The Kier molecular flexibility index (Phi) is 6.57. The summed E-state index contributed by atoms with van der Waals surface area (Å²) >= 11 is 6.03. The average molecular weight is 294 g/mol. The molecule has 20 heavy (non-hydrogen) atoms. The molecule has 0 aliphatic carbocycles. The van der Waals surface area contributed by atoms with Gasteiger partial charge in [-0.1, -0.05) is 23.4 Å². The molecule has 0 unspecified atom stereocenters. The van der Waals surface area contributed by atoms with Crippen molar-refractivity contribution in [3.05, 3.63) is 34.3 Å². The van der Waals surface area contributed by atoms with Gasteiger partial charge in [0.25, 0.3) is 5.91 Å². The van der Waals surface area contributed by atoms with E-state index in [0.717, 1.165) is 0 Å². The van der Waals surface area contributed by atoms with Crippen molar-refractivity contribution in [2.45, 2.75) is 6.42 Å². The first-order valence-corrected chi connectivity index (χ1v) is 6.43. The van der Waals surface area contributed by atoms with Crippen LogP contribution in [0.25, 0.3) is 0 Å². The van der Waals surface area contributed by atoms with Gasteiger partial charge in [-0.2, -0.15) is 0 Å². The zero-order valence-electron chi connectivity index (χ0n) is 11.1. The van der Waals surface area contributed by atoms with Crippen LogP contribution in [0.1, 0.15) is 22.3 Å². The van der Waals surface area contributed by atoms with Crippen molar-refractivity contribution in [1.82, 2.24) is 10.6 Å². The third-order valence-electron chi connectivity index (χ3n) is 2.47. The van der Waals surface area contributed by atoms with Gasteiger partial charge in [-0.05, 0) is 18.2 Å². The standard InChI is InChI=1S/C14H16ClN3O2/c1-17-13(19)6-8-18-14(20)11-5-4-10(3-2-7-16)12(15)9-11/h4-5,9H,6-8,16H2,1H3,(H,17,19)(H,18,20). The van der Waals surface area contributed by atoms with E-state index in [2.05, 4.69) is 22.5 Å². The summed E-state index contributed by atoms with van der Waals surface area (Å²) in [5.74, 6) is 5.10. The third kappa shape index (κ3) is 4.92. The monoisotopic (exact) mass is 293 g/mol. The number of amides is 2. The number of rotatable bonds is 4. The quantitative estimate of drug-likeness (QED) is 0.708. The van der Waals surface area contributed by atoms with Crippen LogP contribution in [0.2, 0.25) is 5.02 Å². The van der Waals surface area contributed by atoms with Gasteiger partial charge in [0.2, 0.25) is 5.91 Å². The van der Waals surface area contributed by atoms with Gasteiger partial charge >= 0.3 is 0 Å². The molecule has 0 heterocycles. The Morgan fingerprint density at radius 2 is 2.15 bits per heavy atom. The fourth-order valence-electron chi connectivity index (χ4n) is 1.42. The minimum atomic E-state index is -0.283. The molecule has 5 nitrogen and oxygen atoms in total. The van der Waals surface area contributed by atoms with Crippen molar-refractivity contribution in [3.63, 3.8) is 0 Å². The first-order chi connectivity index (χ1) is 9.58. The van der Waals surface area contributed by atoms with Crippen LogP contribution >= 0.6 is 11.6 Å². The maximum Gasteiger partial charge on any atom is 0.251 e. The highest BCUT2D eigenvalue weighted by Crippen LogP contribution is 2.16. The number of hydrogen-bond donors (Lipinski definition) is 3. The molecule has 106 valence electrons. The Labute approximate surface area is 122 Å². The molecule has 1 aromatic carbocycles. The van der Waals surface area contributed by atoms with Crippen LogP contribution in [0, 0.1) is 11.8 Å². The predicted molar refractivity (Wildman–Crippen MR) is 78.4 cm³/mol. The summed E-state index contributed by atoms with van der Waals surface area (Å²) < 4.78 is 0. The van der Waals surface area contributed by atoms with Crippen molar-refractivity contribution in [2.24, 2.45) is 5.73 Å². The molecule has 4 N–H and O–H groups in total. The maximum atomic E-state index is 11.8. The van der Waals surface area contributed by atoms with Gasteiger partial charge in [0.15, 0.2) is 0 Å². The number of nitrogens with one attached hydrogen (secondary N) is 2. The molecule has 0 saturated carbocycles. The number of benzene rings is 1. The molecular weight excluding hydrogens is 278 g/mol. The molecule has 1 aromatic rings. The van der Waals surface area contributed by atoms with Crippen LogP contribution in [0.15, 0.2) is 18.2 Å². The highest BCUT2D eigenvalue weighted by Gasteiger charge is 2.08. The van der Waals surface area contributed by atoms with Crippen molar-refractivity contribution >= 4 is 23.4 Å². The van der Waals surface area contributed by atoms with E-state index in [1.165, 1.54) is 6.07 Å². The molecule has 1 rings (SSSR count). The molecule has 0 spiro atoms. The normalized spacial score (nSPS) is 9.35. The summed E-state index contributed by atoms with van der Waals surface area (Å²) in [5.41, 5.74) is 6.33. The lowest BCUT2D eigenvalue weighted by Crippen LogP contribution is -2.29. The van der Waals surface area contributed by atoms with Crippen LogP contribution in [0.5, 0.6) is 0 Å². The second kappa shape index (κ2) is 8.20. The minimum Gasteiger partial charge on any atom is -0.359 e. The summed E-state index contributed by atoms with van der Waals surface area (Å²) in [5, 5.41) is 5.51. The minimum absolute atomic E-state index is 0.129. The summed E-state index contributed by atoms with van der Waals surface area (Å²) in [6.07, 6.45) is 0.232. The van der Waals surface area contributed by atoms with Crippen LogP contribution in [-0.2, 0) is 4.79 Å². The molecule has 0 fully saturated rings. The van der Waals surface area contributed by atoms with E-state index in [0.29, 0.717) is 16.1 Å². The zero-order valence-corrected chi connectivity index (χ0v) is 11.9. The van der Waals surface area contributed by atoms with Crippen molar-refractivity contribution < 1.29 is 9.59 Å². The van der Waals surface area contributed by atoms with E-state index in [1.54, 1.807) is 19.2 Å². The molecule has 0 aliphatic rings. The number of carbonyl (C=O) groups is 2. The van der Waals surface area contributed by atoms with Gasteiger partial charge in [0, 0.05) is 31.1 Å². The molecule has 0 bridgehead atoms. The maximum absolute atomic E-state index is 11.8. The third-order valence-corrected chi connectivity index (χ3v) is 2.79. The van der Waals surface area contributed by atoms with Gasteiger partial charge in [-0.25, -0.2) is 0 Å². The largest absolute Gasteiger partial charge is 0.359 e. The van der Waals surface area contributed by atoms with E-state index >= 15 is 0 Å². The Hall–Kier alpha value is -2.03. The molecule has 0 aliphatic heterocycles. The van der Waals surface area contributed by atoms with Crippen LogP contribution in [0.3, 0.4) is 0 Å². The first kappa shape index (κ1) is 16.0. The topological polar surface area (TPSA) is 84.2 Å². The lowest BCUT2D eigenvalue weighted by Gasteiger charge is -2.06. The molecule has 0 radical (unpaired) electrons. The Morgan fingerprint density at radius 1 is 1.40 bits per heavy atom. The molecule has 2 amide bonds. The number of halogens is 1. The molecule has 0 atom stereocenters. The second-order valence-corrected chi connectivity index (χ2v) is 4.29. The molecule has 0 aromatic heterocycles. The van der Waals surface area contributed by atoms with Crippen molar-refractivity contribution in [1.29, 1.82) is 0 Å². The first-order valence-electron chi connectivity index (χ1n) is 6.05. The summed E-state index contributed by atoms with van der Waals surface area (Å²) in [7, 11) is 1.55. The smallest absolute Gasteiger partial charge is 0.251 e. The second-order valence-electron chi connectivity index (χ2n) is 3.88. The molecular formula is C14H16ClN3O2. The number of hydrogen-bond acceptors (Lipinski definition) is 3. The van der Waals surface area contributed by atoms with Gasteiger partial charge in [0.05, 0.1) is 11.6 Å². The van der Waals surface area contributed by atoms with E-state index in [-0.39, 0.29) is 31.3 Å². The van der Waals surface area contributed by atoms with Crippen LogP contribution in [-0.4, -0.2) is 32.0 Å². The van der Waals surface area contributed by atoms with Gasteiger partial charge < -0.3 is 16.4 Å². The summed E-state index contributed by atoms with van der Waals surface area (Å²) in [6, 6.07) is 4.83. The van der Waals surface area contributed by atoms with Gasteiger partial charge in [0.1, 0.15) is 0 Å². The molecule has 0 saturated heterocycles. The number of carbonyl (C=O) groups excluding carboxylic acids is 2.